The third-order valence-corrected chi connectivity index (χ3v) is 0.725. The smallest absolute Gasteiger partial charge is 0.315 e. The van der Waals surface area contributed by atoms with Crippen molar-refractivity contribution in [2.45, 2.75) is 20.8 Å². The number of hydrogen-bond donors (Lipinski definition) is 0. The molecule has 0 N–H and O–H groups in total. The molecule has 0 aliphatic rings. The van der Waals surface area contributed by atoms with E-state index in [0.717, 1.165) is 5.92 Å². The van der Waals surface area contributed by atoms with Crippen LogP contribution in [0.3, 0.4) is 0 Å². The van der Waals surface area contributed by atoms with E-state index < -0.39 is 0 Å². The molecule has 0 aliphatic carbocycles. The van der Waals surface area contributed by atoms with Gasteiger partial charge in [0.15, 0.2) is 0 Å². The highest BCUT2D eigenvalue weighted by molar-refractivity contribution is 4.92. The number of ether oxygens (including phenoxy) is 1. The molecule has 1 rings (SSSR count). The molecule has 0 bridgehead atoms. The van der Waals surface area contributed by atoms with E-state index in [0.29, 0.717) is 6.01 Å². The fraction of sp³-hybridized carbons (Fsp3) is 0.556. The molecular formula is C9H16N2O. The van der Waals surface area contributed by atoms with Gasteiger partial charge < -0.3 is 4.74 Å². The maximum Gasteiger partial charge on any atom is 0.315 e. The largest absolute Gasteiger partial charge is 0.467 e. The molecule has 3 heteroatoms. The summed E-state index contributed by atoms with van der Waals surface area (Å²) in [5.74, 6) is 0.833. The Morgan fingerprint density at radius 2 is 1.58 bits per heavy atom. The van der Waals surface area contributed by atoms with Gasteiger partial charge in [-0.25, -0.2) is 9.97 Å². The maximum atomic E-state index is 4.69. The van der Waals surface area contributed by atoms with Crippen LogP contribution in [0, 0.1) is 5.92 Å². The SMILES string of the molecule is CC(C)C.COc1ncccn1. The zero-order valence-electron chi connectivity index (χ0n) is 8.11. The average molecular weight is 168 g/mol. The topological polar surface area (TPSA) is 35.0 Å². The molecule has 68 valence electrons. The number of hydrogen-bond acceptors (Lipinski definition) is 3. The van der Waals surface area contributed by atoms with Gasteiger partial charge in [0.2, 0.25) is 0 Å². The van der Waals surface area contributed by atoms with Crippen LogP contribution >= 0.6 is 0 Å². The summed E-state index contributed by atoms with van der Waals surface area (Å²) in [5, 5.41) is 0. The van der Waals surface area contributed by atoms with Crippen molar-refractivity contribution in [1.82, 2.24) is 9.97 Å². The van der Waals surface area contributed by atoms with Gasteiger partial charge in [-0.1, -0.05) is 20.8 Å². The Bertz CT molecular complexity index is 184. The van der Waals surface area contributed by atoms with Crippen molar-refractivity contribution in [2.75, 3.05) is 7.11 Å². The van der Waals surface area contributed by atoms with Gasteiger partial charge in [0.05, 0.1) is 7.11 Å². The van der Waals surface area contributed by atoms with Crippen molar-refractivity contribution in [3.63, 3.8) is 0 Å². The Balaban J connectivity index is 0.000000261. The molecule has 1 heterocycles. The van der Waals surface area contributed by atoms with Crippen LogP contribution in [0.25, 0.3) is 0 Å². The zero-order valence-corrected chi connectivity index (χ0v) is 8.11. The van der Waals surface area contributed by atoms with E-state index in [-0.39, 0.29) is 0 Å². The zero-order chi connectivity index (χ0) is 9.40. The molecule has 0 atom stereocenters. The van der Waals surface area contributed by atoms with Crippen LogP contribution in [0.4, 0.5) is 0 Å². The molecule has 0 aliphatic heterocycles. The molecule has 0 aromatic carbocycles. The lowest BCUT2D eigenvalue weighted by Gasteiger charge is -1.90. The first-order chi connectivity index (χ1) is 5.66. The van der Waals surface area contributed by atoms with Gasteiger partial charge in [-0.05, 0) is 12.0 Å². The standard InChI is InChI=1S/C5H6N2O.C4H10/c1-8-5-6-3-2-4-7-5;1-4(2)3/h2-4H,1H3;4H,1-3H3. The van der Waals surface area contributed by atoms with E-state index in [1.54, 1.807) is 18.5 Å². The maximum absolute atomic E-state index is 4.69. The molecule has 0 radical (unpaired) electrons. The molecule has 0 spiro atoms. The van der Waals surface area contributed by atoms with Gasteiger partial charge in [-0.15, -0.1) is 0 Å². The number of nitrogens with zero attached hydrogens (tertiary/aromatic N) is 2. The van der Waals surface area contributed by atoms with Gasteiger partial charge in [-0.3, -0.25) is 0 Å². The third kappa shape index (κ3) is 6.99. The van der Waals surface area contributed by atoms with Gasteiger partial charge in [-0.2, -0.15) is 0 Å². The van der Waals surface area contributed by atoms with Crippen LogP contribution in [0.15, 0.2) is 18.5 Å². The minimum Gasteiger partial charge on any atom is -0.467 e. The number of aromatic nitrogens is 2. The van der Waals surface area contributed by atoms with E-state index >= 15 is 0 Å². The van der Waals surface area contributed by atoms with Crippen LogP contribution in [0.5, 0.6) is 6.01 Å². The van der Waals surface area contributed by atoms with Crippen LogP contribution in [-0.4, -0.2) is 17.1 Å². The van der Waals surface area contributed by atoms with Crippen LogP contribution in [0.2, 0.25) is 0 Å². The van der Waals surface area contributed by atoms with Gasteiger partial charge >= 0.3 is 6.01 Å². The lowest BCUT2D eigenvalue weighted by molar-refractivity contribution is 0.379. The highest BCUT2D eigenvalue weighted by atomic mass is 16.5. The third-order valence-electron chi connectivity index (χ3n) is 0.725. The molecule has 0 fully saturated rings. The van der Waals surface area contributed by atoms with Gasteiger partial charge in [0.1, 0.15) is 0 Å². The molecule has 3 nitrogen and oxygen atoms in total. The highest BCUT2D eigenvalue weighted by Crippen LogP contribution is 1.93. The molecular weight excluding hydrogens is 152 g/mol. The predicted molar refractivity (Wildman–Crippen MR) is 49.1 cm³/mol. The number of methoxy groups -OCH3 is 1. The van der Waals surface area contributed by atoms with Crippen molar-refractivity contribution >= 4 is 0 Å². The van der Waals surface area contributed by atoms with Crippen molar-refractivity contribution < 1.29 is 4.74 Å². The number of rotatable bonds is 1. The first-order valence-electron chi connectivity index (χ1n) is 3.97. The summed E-state index contributed by atoms with van der Waals surface area (Å²) in [5.41, 5.74) is 0. The van der Waals surface area contributed by atoms with Crippen molar-refractivity contribution in [2.24, 2.45) is 5.92 Å². The summed E-state index contributed by atoms with van der Waals surface area (Å²) in [6.07, 6.45) is 3.26. The fourth-order valence-electron chi connectivity index (χ4n) is 0.391. The second-order valence-corrected chi connectivity index (χ2v) is 2.97. The Hall–Kier alpha value is -1.12. The first kappa shape index (κ1) is 10.9. The van der Waals surface area contributed by atoms with E-state index in [1.165, 1.54) is 7.11 Å². The van der Waals surface area contributed by atoms with E-state index in [1.807, 2.05) is 0 Å². The Labute approximate surface area is 73.8 Å². The minimum atomic E-state index is 0.410. The molecule has 1 aromatic heterocycles. The quantitative estimate of drug-likeness (QED) is 0.644. The van der Waals surface area contributed by atoms with Crippen molar-refractivity contribution in [3.05, 3.63) is 18.5 Å². The van der Waals surface area contributed by atoms with Crippen molar-refractivity contribution in [1.29, 1.82) is 0 Å². The molecule has 0 saturated carbocycles. The second kappa shape index (κ2) is 6.58. The summed E-state index contributed by atoms with van der Waals surface area (Å²) in [6, 6.07) is 2.15. The van der Waals surface area contributed by atoms with Crippen LogP contribution < -0.4 is 4.74 Å². The summed E-state index contributed by atoms with van der Waals surface area (Å²) >= 11 is 0. The summed E-state index contributed by atoms with van der Waals surface area (Å²) in [6.45, 7) is 6.50. The molecule has 12 heavy (non-hydrogen) atoms. The summed E-state index contributed by atoms with van der Waals surface area (Å²) in [7, 11) is 1.54. The second-order valence-electron chi connectivity index (χ2n) is 2.97. The van der Waals surface area contributed by atoms with Crippen LogP contribution in [0.1, 0.15) is 20.8 Å². The summed E-state index contributed by atoms with van der Waals surface area (Å²) in [4.78, 5) is 7.53. The molecule has 0 amide bonds. The average Bonchev–Trinajstić information content (AvgIpc) is 2.05. The van der Waals surface area contributed by atoms with Gasteiger partial charge in [0, 0.05) is 12.4 Å². The van der Waals surface area contributed by atoms with Gasteiger partial charge in [0.25, 0.3) is 0 Å². The Morgan fingerprint density at radius 1 is 1.17 bits per heavy atom. The first-order valence-corrected chi connectivity index (χ1v) is 3.97. The fourth-order valence-corrected chi connectivity index (χ4v) is 0.391. The summed E-state index contributed by atoms with van der Waals surface area (Å²) < 4.78 is 4.69. The molecule has 0 unspecified atom stereocenters. The minimum absolute atomic E-state index is 0.410. The predicted octanol–water partition coefficient (Wildman–Crippen LogP) is 2.15. The lowest BCUT2D eigenvalue weighted by Crippen LogP contribution is -1.87. The van der Waals surface area contributed by atoms with Crippen LogP contribution in [-0.2, 0) is 0 Å². The highest BCUT2D eigenvalue weighted by Gasteiger charge is 1.84. The normalized spacial score (nSPS) is 8.75. The van der Waals surface area contributed by atoms with E-state index in [2.05, 4.69) is 30.7 Å². The van der Waals surface area contributed by atoms with E-state index in [4.69, 9.17) is 4.74 Å². The van der Waals surface area contributed by atoms with Crippen molar-refractivity contribution in [3.8, 4) is 6.01 Å². The molecule has 1 aromatic rings. The lowest BCUT2D eigenvalue weighted by atomic mass is 10.3. The molecule has 0 saturated heterocycles. The van der Waals surface area contributed by atoms with E-state index in [9.17, 15) is 0 Å². The Morgan fingerprint density at radius 3 is 1.83 bits per heavy atom. The Kier molecular flexibility index (Phi) is 5.97. The monoisotopic (exact) mass is 168 g/mol.